The second-order valence-corrected chi connectivity index (χ2v) is 5.32. The summed E-state index contributed by atoms with van der Waals surface area (Å²) in [5.41, 5.74) is 2.45. The number of aryl methyl sites for hydroxylation is 2. The van der Waals surface area contributed by atoms with Gasteiger partial charge in [-0.2, -0.15) is 4.98 Å². The number of ether oxygens (including phenoxy) is 1. The standard InChI is InChI=1S/C18H17N3O3/c1-13-20-17(24-21-13)15-4-6-16(7-5-15)18(22)23-12-2-3-14-8-10-19-11-9-14/h4-11H,2-3,12H2,1H3. The number of hydrogen-bond donors (Lipinski definition) is 0. The Morgan fingerprint density at radius 3 is 2.54 bits per heavy atom. The molecule has 3 rings (SSSR count). The molecular formula is C18H17N3O3. The molecule has 0 unspecified atom stereocenters. The minimum atomic E-state index is -0.335. The third kappa shape index (κ3) is 4.04. The summed E-state index contributed by atoms with van der Waals surface area (Å²) < 4.78 is 10.4. The van der Waals surface area contributed by atoms with Gasteiger partial charge in [0.1, 0.15) is 0 Å². The number of esters is 1. The first kappa shape index (κ1) is 15.9. The molecule has 0 spiro atoms. The fourth-order valence-corrected chi connectivity index (χ4v) is 2.24. The molecule has 0 bridgehead atoms. The van der Waals surface area contributed by atoms with Crippen molar-refractivity contribution in [1.29, 1.82) is 0 Å². The van der Waals surface area contributed by atoms with Gasteiger partial charge in [-0.05, 0) is 61.7 Å². The Morgan fingerprint density at radius 1 is 1.12 bits per heavy atom. The number of carbonyl (C=O) groups is 1. The van der Waals surface area contributed by atoms with E-state index >= 15 is 0 Å². The van der Waals surface area contributed by atoms with Crippen molar-refractivity contribution >= 4 is 5.97 Å². The summed E-state index contributed by atoms with van der Waals surface area (Å²) >= 11 is 0. The Labute approximate surface area is 139 Å². The summed E-state index contributed by atoms with van der Waals surface area (Å²) in [5.74, 6) is 0.672. The molecular weight excluding hydrogens is 306 g/mol. The van der Waals surface area contributed by atoms with Gasteiger partial charge in [-0.1, -0.05) is 5.16 Å². The zero-order valence-corrected chi connectivity index (χ0v) is 13.3. The van der Waals surface area contributed by atoms with Gasteiger partial charge < -0.3 is 9.26 Å². The molecule has 2 aromatic heterocycles. The lowest BCUT2D eigenvalue weighted by Crippen LogP contribution is -2.07. The minimum Gasteiger partial charge on any atom is -0.462 e. The number of benzene rings is 1. The number of hydrogen-bond acceptors (Lipinski definition) is 6. The van der Waals surface area contributed by atoms with Gasteiger partial charge in [0.05, 0.1) is 12.2 Å². The molecule has 122 valence electrons. The van der Waals surface area contributed by atoms with Crippen LogP contribution in [0.25, 0.3) is 11.5 Å². The number of carbonyl (C=O) groups excluding carboxylic acids is 1. The van der Waals surface area contributed by atoms with Crippen LogP contribution in [0.3, 0.4) is 0 Å². The molecule has 24 heavy (non-hydrogen) atoms. The van der Waals surface area contributed by atoms with Gasteiger partial charge in [0, 0.05) is 18.0 Å². The highest BCUT2D eigenvalue weighted by Gasteiger charge is 2.10. The topological polar surface area (TPSA) is 78.1 Å². The first-order chi connectivity index (χ1) is 11.7. The van der Waals surface area contributed by atoms with Gasteiger partial charge in [-0.25, -0.2) is 4.79 Å². The van der Waals surface area contributed by atoms with Crippen LogP contribution in [0.5, 0.6) is 0 Å². The van der Waals surface area contributed by atoms with Gasteiger partial charge in [0.15, 0.2) is 5.82 Å². The van der Waals surface area contributed by atoms with Crippen molar-refractivity contribution in [2.45, 2.75) is 19.8 Å². The van der Waals surface area contributed by atoms with Gasteiger partial charge in [0.2, 0.25) is 0 Å². The second-order valence-electron chi connectivity index (χ2n) is 5.32. The van der Waals surface area contributed by atoms with Crippen LogP contribution in [0.15, 0.2) is 53.3 Å². The molecule has 3 aromatic rings. The molecule has 0 radical (unpaired) electrons. The van der Waals surface area contributed by atoms with E-state index in [1.165, 1.54) is 5.56 Å². The molecule has 0 aliphatic carbocycles. The predicted octanol–water partition coefficient (Wildman–Crippen LogP) is 3.23. The Bertz CT molecular complexity index is 798. The SMILES string of the molecule is Cc1noc(-c2ccc(C(=O)OCCCc3ccncc3)cc2)n1. The maximum atomic E-state index is 12.0. The molecule has 0 saturated heterocycles. The highest BCUT2D eigenvalue weighted by molar-refractivity contribution is 5.89. The highest BCUT2D eigenvalue weighted by Crippen LogP contribution is 2.18. The van der Waals surface area contributed by atoms with Crippen molar-refractivity contribution in [1.82, 2.24) is 15.1 Å². The van der Waals surface area contributed by atoms with E-state index in [9.17, 15) is 4.79 Å². The summed E-state index contributed by atoms with van der Waals surface area (Å²) in [6.07, 6.45) is 5.14. The monoisotopic (exact) mass is 323 g/mol. The summed E-state index contributed by atoms with van der Waals surface area (Å²) in [5, 5.41) is 3.74. The first-order valence-electron chi connectivity index (χ1n) is 7.69. The zero-order chi connectivity index (χ0) is 16.8. The van der Waals surface area contributed by atoms with E-state index in [0.717, 1.165) is 18.4 Å². The third-order valence-electron chi connectivity index (χ3n) is 3.49. The highest BCUT2D eigenvalue weighted by atomic mass is 16.5. The summed E-state index contributed by atoms with van der Waals surface area (Å²) in [4.78, 5) is 20.1. The van der Waals surface area contributed by atoms with Crippen LogP contribution in [-0.4, -0.2) is 27.7 Å². The molecule has 6 heteroatoms. The van der Waals surface area contributed by atoms with E-state index in [1.807, 2.05) is 12.1 Å². The molecule has 6 nitrogen and oxygen atoms in total. The molecule has 0 fully saturated rings. The first-order valence-corrected chi connectivity index (χ1v) is 7.69. The van der Waals surface area contributed by atoms with Crippen LogP contribution in [0.4, 0.5) is 0 Å². The Hall–Kier alpha value is -3.02. The van der Waals surface area contributed by atoms with Gasteiger partial charge >= 0.3 is 5.97 Å². The predicted molar refractivity (Wildman–Crippen MR) is 87.3 cm³/mol. The average molecular weight is 323 g/mol. The van der Waals surface area contributed by atoms with Crippen molar-refractivity contribution in [3.05, 3.63) is 65.7 Å². The molecule has 0 N–H and O–H groups in total. The van der Waals surface area contributed by atoms with E-state index in [4.69, 9.17) is 9.26 Å². The molecule has 2 heterocycles. The van der Waals surface area contributed by atoms with Crippen LogP contribution in [0, 0.1) is 6.92 Å². The fourth-order valence-electron chi connectivity index (χ4n) is 2.24. The lowest BCUT2D eigenvalue weighted by atomic mass is 10.1. The third-order valence-corrected chi connectivity index (χ3v) is 3.49. The molecule has 0 amide bonds. The van der Waals surface area contributed by atoms with Gasteiger partial charge in [-0.15, -0.1) is 0 Å². The maximum absolute atomic E-state index is 12.0. The van der Waals surface area contributed by atoms with Crippen LogP contribution in [0.2, 0.25) is 0 Å². The second kappa shape index (κ2) is 7.50. The van der Waals surface area contributed by atoms with Crippen molar-refractivity contribution in [3.8, 4) is 11.5 Å². The van der Waals surface area contributed by atoms with Crippen LogP contribution in [0.1, 0.15) is 28.2 Å². The van der Waals surface area contributed by atoms with E-state index in [1.54, 1.807) is 43.6 Å². The molecule has 0 saturated carbocycles. The van der Waals surface area contributed by atoms with Crippen LogP contribution in [-0.2, 0) is 11.2 Å². The lowest BCUT2D eigenvalue weighted by Gasteiger charge is -2.05. The van der Waals surface area contributed by atoms with Crippen molar-refractivity contribution in [3.63, 3.8) is 0 Å². The molecule has 0 aliphatic rings. The number of pyridine rings is 1. The maximum Gasteiger partial charge on any atom is 0.338 e. The largest absolute Gasteiger partial charge is 0.462 e. The van der Waals surface area contributed by atoms with Crippen molar-refractivity contribution in [2.24, 2.45) is 0 Å². The van der Waals surface area contributed by atoms with E-state index in [2.05, 4.69) is 15.1 Å². The van der Waals surface area contributed by atoms with Crippen LogP contribution < -0.4 is 0 Å². The fraction of sp³-hybridized carbons (Fsp3) is 0.222. The quantitative estimate of drug-likeness (QED) is 0.512. The molecule has 0 atom stereocenters. The Kier molecular flexibility index (Phi) is 4.96. The summed E-state index contributed by atoms with van der Waals surface area (Å²) in [6, 6.07) is 10.8. The lowest BCUT2D eigenvalue weighted by molar-refractivity contribution is 0.0500. The van der Waals surface area contributed by atoms with Gasteiger partial charge in [0.25, 0.3) is 5.89 Å². The average Bonchev–Trinajstić information content (AvgIpc) is 3.06. The zero-order valence-electron chi connectivity index (χ0n) is 13.3. The number of rotatable bonds is 6. The Balaban J connectivity index is 1.50. The smallest absolute Gasteiger partial charge is 0.338 e. The summed E-state index contributed by atoms with van der Waals surface area (Å²) in [7, 11) is 0. The number of nitrogens with zero attached hydrogens (tertiary/aromatic N) is 3. The molecule has 1 aromatic carbocycles. The van der Waals surface area contributed by atoms with Crippen LogP contribution >= 0.6 is 0 Å². The van der Waals surface area contributed by atoms with Gasteiger partial charge in [-0.3, -0.25) is 4.98 Å². The molecule has 0 aliphatic heterocycles. The Morgan fingerprint density at radius 2 is 1.88 bits per heavy atom. The van der Waals surface area contributed by atoms with Crippen molar-refractivity contribution < 1.29 is 14.1 Å². The minimum absolute atomic E-state index is 0.335. The number of aromatic nitrogens is 3. The van der Waals surface area contributed by atoms with E-state index in [0.29, 0.717) is 23.9 Å². The van der Waals surface area contributed by atoms with E-state index < -0.39 is 0 Å². The van der Waals surface area contributed by atoms with Crippen molar-refractivity contribution in [2.75, 3.05) is 6.61 Å². The van der Waals surface area contributed by atoms with E-state index in [-0.39, 0.29) is 5.97 Å². The normalized spacial score (nSPS) is 10.5. The summed E-state index contributed by atoms with van der Waals surface area (Å²) in [6.45, 7) is 2.14.